The van der Waals surface area contributed by atoms with E-state index in [0.717, 1.165) is 19.5 Å². The molecule has 0 bridgehead atoms. The Labute approximate surface area is 91.8 Å². The highest BCUT2D eigenvalue weighted by molar-refractivity contribution is 6.29. The quantitative estimate of drug-likeness (QED) is 0.441. The first-order valence-electron chi connectivity index (χ1n) is 4.66. The normalized spacial score (nSPS) is 14.9. The first kappa shape index (κ1) is 10.2. The fourth-order valence-corrected chi connectivity index (χ4v) is 1.83. The summed E-state index contributed by atoms with van der Waals surface area (Å²) >= 11 is 5.79. The molecular formula is C9H10ClN3O2. The third kappa shape index (κ3) is 1.74. The standard InChI is InChI=1S/C9H10ClN3O2/c1-6-5-7(10)11-9(8(6)13(14)15)12-3-2-4-12/h5H,2-4H2,1H3. The average molecular weight is 228 g/mol. The molecule has 1 aliphatic heterocycles. The summed E-state index contributed by atoms with van der Waals surface area (Å²) in [4.78, 5) is 16.4. The molecule has 1 fully saturated rings. The number of nitrogens with zero attached hydrogens (tertiary/aromatic N) is 3. The predicted octanol–water partition coefficient (Wildman–Crippen LogP) is 2.16. The average Bonchev–Trinajstić information content (AvgIpc) is 1.97. The van der Waals surface area contributed by atoms with Gasteiger partial charge in [-0.05, 0) is 19.4 Å². The molecule has 0 spiro atoms. The molecule has 2 heterocycles. The van der Waals surface area contributed by atoms with Gasteiger partial charge in [-0.2, -0.15) is 0 Å². The molecule has 15 heavy (non-hydrogen) atoms. The Bertz CT molecular complexity index is 418. The van der Waals surface area contributed by atoms with Crippen molar-refractivity contribution in [3.8, 4) is 0 Å². The molecule has 0 N–H and O–H groups in total. The number of halogens is 1. The lowest BCUT2D eigenvalue weighted by Gasteiger charge is -2.31. The Kier molecular flexibility index (Phi) is 2.48. The van der Waals surface area contributed by atoms with Gasteiger partial charge in [0.1, 0.15) is 5.15 Å². The van der Waals surface area contributed by atoms with Crippen LogP contribution in [0.4, 0.5) is 11.5 Å². The second-order valence-corrected chi connectivity index (χ2v) is 3.92. The summed E-state index contributed by atoms with van der Waals surface area (Å²) in [5, 5.41) is 11.2. The maximum Gasteiger partial charge on any atom is 0.314 e. The summed E-state index contributed by atoms with van der Waals surface area (Å²) < 4.78 is 0. The number of aryl methyl sites for hydroxylation is 1. The maximum absolute atomic E-state index is 10.9. The minimum Gasteiger partial charge on any atom is -0.351 e. The Morgan fingerprint density at radius 3 is 2.73 bits per heavy atom. The maximum atomic E-state index is 10.9. The van der Waals surface area contributed by atoms with Gasteiger partial charge in [-0.1, -0.05) is 11.6 Å². The van der Waals surface area contributed by atoms with Crippen LogP contribution in [0.2, 0.25) is 5.15 Å². The third-order valence-electron chi connectivity index (χ3n) is 2.47. The van der Waals surface area contributed by atoms with Crippen LogP contribution in [0.25, 0.3) is 0 Å². The number of anilines is 1. The van der Waals surface area contributed by atoms with Gasteiger partial charge in [0.25, 0.3) is 0 Å². The molecule has 0 radical (unpaired) electrons. The fraction of sp³-hybridized carbons (Fsp3) is 0.444. The van der Waals surface area contributed by atoms with Crippen molar-refractivity contribution in [1.29, 1.82) is 0 Å². The second kappa shape index (κ2) is 3.66. The molecule has 0 aromatic carbocycles. The molecule has 0 amide bonds. The van der Waals surface area contributed by atoms with E-state index >= 15 is 0 Å². The summed E-state index contributed by atoms with van der Waals surface area (Å²) in [6, 6.07) is 1.52. The van der Waals surface area contributed by atoms with Crippen molar-refractivity contribution in [2.45, 2.75) is 13.3 Å². The zero-order valence-electron chi connectivity index (χ0n) is 8.23. The number of aromatic nitrogens is 1. The first-order chi connectivity index (χ1) is 7.09. The van der Waals surface area contributed by atoms with Gasteiger partial charge in [-0.15, -0.1) is 0 Å². The second-order valence-electron chi connectivity index (χ2n) is 3.53. The van der Waals surface area contributed by atoms with E-state index in [1.54, 1.807) is 6.92 Å². The zero-order chi connectivity index (χ0) is 11.0. The van der Waals surface area contributed by atoms with Crippen molar-refractivity contribution in [3.05, 3.63) is 26.9 Å². The Morgan fingerprint density at radius 1 is 1.60 bits per heavy atom. The van der Waals surface area contributed by atoms with Crippen LogP contribution in [-0.4, -0.2) is 23.0 Å². The van der Waals surface area contributed by atoms with Crippen LogP contribution in [0.5, 0.6) is 0 Å². The number of rotatable bonds is 2. The topological polar surface area (TPSA) is 59.3 Å². The molecule has 0 atom stereocenters. The van der Waals surface area contributed by atoms with Gasteiger partial charge >= 0.3 is 5.69 Å². The van der Waals surface area contributed by atoms with Crippen LogP contribution >= 0.6 is 11.6 Å². The van der Waals surface area contributed by atoms with Crippen LogP contribution < -0.4 is 4.90 Å². The summed E-state index contributed by atoms with van der Waals surface area (Å²) in [5.74, 6) is 0.399. The van der Waals surface area contributed by atoms with E-state index in [0.29, 0.717) is 16.5 Å². The van der Waals surface area contributed by atoms with E-state index in [9.17, 15) is 10.1 Å². The Morgan fingerprint density at radius 2 is 2.27 bits per heavy atom. The molecular weight excluding hydrogens is 218 g/mol. The lowest BCUT2D eigenvalue weighted by molar-refractivity contribution is -0.384. The van der Waals surface area contributed by atoms with Gasteiger partial charge in [0.15, 0.2) is 0 Å². The largest absolute Gasteiger partial charge is 0.351 e. The summed E-state index contributed by atoms with van der Waals surface area (Å²) in [5.41, 5.74) is 0.626. The van der Waals surface area contributed by atoms with Crippen molar-refractivity contribution in [2.75, 3.05) is 18.0 Å². The van der Waals surface area contributed by atoms with Crippen LogP contribution in [0, 0.1) is 17.0 Å². The van der Waals surface area contributed by atoms with E-state index < -0.39 is 4.92 Å². The molecule has 6 heteroatoms. The molecule has 1 aromatic heterocycles. The number of hydrogen-bond acceptors (Lipinski definition) is 4. The van der Waals surface area contributed by atoms with E-state index in [1.165, 1.54) is 6.07 Å². The third-order valence-corrected chi connectivity index (χ3v) is 2.67. The molecule has 0 aliphatic carbocycles. The van der Waals surface area contributed by atoms with Crippen molar-refractivity contribution in [1.82, 2.24) is 4.98 Å². The minimum absolute atomic E-state index is 0.0686. The molecule has 2 rings (SSSR count). The van der Waals surface area contributed by atoms with Crippen molar-refractivity contribution in [2.24, 2.45) is 0 Å². The lowest BCUT2D eigenvalue weighted by Crippen LogP contribution is -2.38. The highest BCUT2D eigenvalue weighted by Crippen LogP contribution is 2.33. The molecule has 0 unspecified atom stereocenters. The van der Waals surface area contributed by atoms with Gasteiger partial charge in [-0.3, -0.25) is 10.1 Å². The van der Waals surface area contributed by atoms with Gasteiger partial charge in [0.2, 0.25) is 5.82 Å². The molecule has 1 aromatic rings. The summed E-state index contributed by atoms with van der Waals surface area (Å²) in [6.45, 7) is 3.30. The van der Waals surface area contributed by atoms with Crippen LogP contribution in [0.1, 0.15) is 12.0 Å². The van der Waals surface area contributed by atoms with Crippen molar-refractivity contribution in [3.63, 3.8) is 0 Å². The van der Waals surface area contributed by atoms with Crippen LogP contribution in [0.3, 0.4) is 0 Å². The smallest absolute Gasteiger partial charge is 0.314 e. The fourth-order valence-electron chi connectivity index (χ4n) is 1.58. The molecule has 0 saturated carbocycles. The van der Waals surface area contributed by atoms with Gasteiger partial charge in [0.05, 0.1) is 4.92 Å². The van der Waals surface area contributed by atoms with Gasteiger partial charge < -0.3 is 4.90 Å². The molecule has 5 nitrogen and oxygen atoms in total. The van der Waals surface area contributed by atoms with Gasteiger partial charge in [-0.25, -0.2) is 4.98 Å². The monoisotopic (exact) mass is 227 g/mol. The number of hydrogen-bond donors (Lipinski definition) is 0. The minimum atomic E-state index is -0.397. The molecule has 80 valence electrons. The predicted molar refractivity (Wildman–Crippen MR) is 57.5 cm³/mol. The lowest BCUT2D eigenvalue weighted by atomic mass is 10.1. The first-order valence-corrected chi connectivity index (χ1v) is 5.04. The summed E-state index contributed by atoms with van der Waals surface area (Å²) in [7, 11) is 0. The van der Waals surface area contributed by atoms with E-state index in [2.05, 4.69) is 4.98 Å². The number of pyridine rings is 1. The van der Waals surface area contributed by atoms with Gasteiger partial charge in [0, 0.05) is 18.7 Å². The highest BCUT2D eigenvalue weighted by atomic mass is 35.5. The Hall–Kier alpha value is -1.36. The van der Waals surface area contributed by atoms with Crippen molar-refractivity contribution >= 4 is 23.1 Å². The zero-order valence-corrected chi connectivity index (χ0v) is 8.99. The van der Waals surface area contributed by atoms with E-state index in [4.69, 9.17) is 11.6 Å². The van der Waals surface area contributed by atoms with Crippen molar-refractivity contribution < 1.29 is 4.92 Å². The molecule has 1 aliphatic rings. The van der Waals surface area contributed by atoms with E-state index in [-0.39, 0.29) is 5.69 Å². The summed E-state index contributed by atoms with van der Waals surface area (Å²) in [6.07, 6.45) is 1.05. The van der Waals surface area contributed by atoms with Crippen LogP contribution in [0.15, 0.2) is 6.07 Å². The molecule has 1 saturated heterocycles. The van der Waals surface area contributed by atoms with Crippen LogP contribution in [-0.2, 0) is 0 Å². The van der Waals surface area contributed by atoms with E-state index in [1.807, 2.05) is 4.90 Å². The Balaban J connectivity index is 2.53. The number of nitro groups is 1. The SMILES string of the molecule is Cc1cc(Cl)nc(N2CCC2)c1[N+](=O)[O-]. The highest BCUT2D eigenvalue weighted by Gasteiger charge is 2.27.